The molecule has 2 aromatic carbocycles. The second kappa shape index (κ2) is 6.56. The van der Waals surface area contributed by atoms with E-state index in [0.29, 0.717) is 16.4 Å². The molecule has 0 aliphatic heterocycles. The summed E-state index contributed by atoms with van der Waals surface area (Å²) in [7, 11) is 0. The molecule has 0 aliphatic carbocycles. The molecule has 0 fully saturated rings. The van der Waals surface area contributed by atoms with Crippen molar-refractivity contribution in [3.05, 3.63) is 75.7 Å². The summed E-state index contributed by atoms with van der Waals surface area (Å²) in [6, 6.07) is 14.9. The molecule has 3 aromatic rings. The van der Waals surface area contributed by atoms with E-state index in [9.17, 15) is 4.79 Å². The highest BCUT2D eigenvalue weighted by molar-refractivity contribution is 9.10. The van der Waals surface area contributed by atoms with Crippen LogP contribution in [0.2, 0.25) is 5.02 Å². The molecule has 0 saturated heterocycles. The van der Waals surface area contributed by atoms with Gasteiger partial charge in [-0.1, -0.05) is 45.7 Å². The molecule has 0 unspecified atom stereocenters. The smallest absolute Gasteiger partial charge is 0.274 e. The minimum Gasteiger partial charge on any atom is -0.319 e. The third-order valence-corrected chi connectivity index (χ3v) is 4.17. The van der Waals surface area contributed by atoms with Crippen molar-refractivity contribution in [2.75, 3.05) is 5.32 Å². The van der Waals surface area contributed by atoms with Crippen molar-refractivity contribution in [3.8, 4) is 5.69 Å². The number of amides is 1. The van der Waals surface area contributed by atoms with Gasteiger partial charge in [0.15, 0.2) is 0 Å². The average Bonchev–Trinajstić information content (AvgIpc) is 2.92. The van der Waals surface area contributed by atoms with Gasteiger partial charge in [0, 0.05) is 10.2 Å². The van der Waals surface area contributed by atoms with Crippen LogP contribution >= 0.6 is 27.5 Å². The molecule has 23 heavy (non-hydrogen) atoms. The van der Waals surface area contributed by atoms with Crippen molar-refractivity contribution < 1.29 is 4.79 Å². The van der Waals surface area contributed by atoms with Crippen LogP contribution in [-0.2, 0) is 0 Å². The van der Waals surface area contributed by atoms with Gasteiger partial charge in [-0.2, -0.15) is 0 Å². The maximum Gasteiger partial charge on any atom is 0.274 e. The summed E-state index contributed by atoms with van der Waals surface area (Å²) < 4.78 is 2.66. The van der Waals surface area contributed by atoms with Crippen molar-refractivity contribution in [1.29, 1.82) is 0 Å². The predicted molar refractivity (Wildman–Crippen MR) is 95.4 cm³/mol. The molecule has 1 aromatic heterocycles. The van der Waals surface area contributed by atoms with E-state index >= 15 is 0 Å². The predicted octanol–water partition coefficient (Wildman–Crippen LogP) is 4.85. The maximum absolute atomic E-state index is 12.6. The number of para-hydroxylation sites is 1. The lowest BCUT2D eigenvalue weighted by atomic mass is 10.3. The highest BCUT2D eigenvalue weighted by atomic mass is 79.9. The molecular weight excluding hydrogens is 378 g/mol. The highest BCUT2D eigenvalue weighted by Gasteiger charge is 2.17. The number of rotatable bonds is 3. The van der Waals surface area contributed by atoms with Crippen LogP contribution in [-0.4, -0.2) is 15.5 Å². The van der Waals surface area contributed by atoms with Crippen molar-refractivity contribution in [2.24, 2.45) is 0 Å². The molecular formula is C17H13BrClN3O. The second-order valence-corrected chi connectivity index (χ2v) is 6.26. The minimum absolute atomic E-state index is 0.265. The van der Waals surface area contributed by atoms with Crippen LogP contribution in [0.4, 0.5) is 5.69 Å². The standard InChI is InChI=1S/C17H13BrClN3O/c1-11-20-10-16(22(11)13-5-3-2-4-6-13)17(23)21-15-8-7-12(18)9-14(15)19/h2-10H,1H3,(H,21,23). The lowest BCUT2D eigenvalue weighted by Crippen LogP contribution is -2.17. The van der Waals surface area contributed by atoms with E-state index in [-0.39, 0.29) is 5.91 Å². The van der Waals surface area contributed by atoms with E-state index in [1.807, 2.05) is 47.9 Å². The van der Waals surface area contributed by atoms with E-state index in [4.69, 9.17) is 11.6 Å². The molecule has 0 spiro atoms. The fraction of sp³-hybridized carbons (Fsp3) is 0.0588. The van der Waals surface area contributed by atoms with Crippen molar-refractivity contribution in [1.82, 2.24) is 9.55 Å². The molecule has 3 rings (SSSR count). The van der Waals surface area contributed by atoms with Gasteiger partial charge in [0.2, 0.25) is 0 Å². The maximum atomic E-state index is 12.6. The normalized spacial score (nSPS) is 10.6. The fourth-order valence-corrected chi connectivity index (χ4v) is 3.01. The summed E-state index contributed by atoms with van der Waals surface area (Å²) in [6.45, 7) is 1.86. The second-order valence-electron chi connectivity index (χ2n) is 4.94. The average molecular weight is 391 g/mol. The van der Waals surface area contributed by atoms with E-state index in [0.717, 1.165) is 16.0 Å². The van der Waals surface area contributed by atoms with Crippen LogP contribution in [0.1, 0.15) is 16.3 Å². The Kier molecular flexibility index (Phi) is 4.50. The van der Waals surface area contributed by atoms with E-state index in [2.05, 4.69) is 26.2 Å². The molecule has 4 nitrogen and oxygen atoms in total. The fourth-order valence-electron chi connectivity index (χ4n) is 2.28. The lowest BCUT2D eigenvalue weighted by molar-refractivity contribution is 0.102. The first-order valence-electron chi connectivity index (χ1n) is 6.92. The Bertz CT molecular complexity index is 862. The van der Waals surface area contributed by atoms with Crippen LogP contribution < -0.4 is 5.32 Å². The number of aryl methyl sites for hydroxylation is 1. The molecule has 1 amide bonds. The Morgan fingerprint density at radius 1 is 1.22 bits per heavy atom. The first-order chi connectivity index (χ1) is 11.1. The Labute approximate surface area is 147 Å². The number of nitrogens with one attached hydrogen (secondary N) is 1. The first kappa shape index (κ1) is 15.8. The number of imidazole rings is 1. The van der Waals surface area contributed by atoms with Gasteiger partial charge in [-0.05, 0) is 37.3 Å². The topological polar surface area (TPSA) is 46.9 Å². The third-order valence-electron chi connectivity index (χ3n) is 3.36. The molecule has 1 N–H and O–H groups in total. The first-order valence-corrected chi connectivity index (χ1v) is 8.09. The molecule has 0 radical (unpaired) electrons. The zero-order chi connectivity index (χ0) is 16.4. The molecule has 6 heteroatoms. The van der Waals surface area contributed by atoms with Crippen LogP contribution in [0.5, 0.6) is 0 Å². The molecule has 0 saturated carbocycles. The Morgan fingerprint density at radius 2 is 1.96 bits per heavy atom. The molecule has 0 atom stereocenters. The summed E-state index contributed by atoms with van der Waals surface area (Å²) in [4.78, 5) is 16.9. The number of anilines is 1. The quantitative estimate of drug-likeness (QED) is 0.695. The number of carbonyl (C=O) groups is 1. The number of nitrogens with zero attached hydrogens (tertiary/aromatic N) is 2. The molecule has 0 aliphatic rings. The van der Waals surface area contributed by atoms with Gasteiger partial charge >= 0.3 is 0 Å². The van der Waals surface area contributed by atoms with Gasteiger partial charge in [-0.25, -0.2) is 4.98 Å². The molecule has 0 bridgehead atoms. The number of carbonyl (C=O) groups excluding carboxylic acids is 1. The summed E-state index contributed by atoms with van der Waals surface area (Å²) >= 11 is 9.50. The van der Waals surface area contributed by atoms with Gasteiger partial charge in [-0.15, -0.1) is 0 Å². The summed E-state index contributed by atoms with van der Waals surface area (Å²) in [5.41, 5.74) is 1.89. The van der Waals surface area contributed by atoms with E-state index in [1.54, 1.807) is 18.3 Å². The van der Waals surface area contributed by atoms with Crippen LogP contribution in [0.25, 0.3) is 5.69 Å². The number of halogens is 2. The SMILES string of the molecule is Cc1ncc(C(=O)Nc2ccc(Br)cc2Cl)n1-c1ccccc1. The number of hydrogen-bond donors (Lipinski definition) is 1. The van der Waals surface area contributed by atoms with Crippen molar-refractivity contribution >= 4 is 39.1 Å². The van der Waals surface area contributed by atoms with Gasteiger partial charge in [-0.3, -0.25) is 9.36 Å². The van der Waals surface area contributed by atoms with E-state index in [1.165, 1.54) is 0 Å². The van der Waals surface area contributed by atoms with Gasteiger partial charge < -0.3 is 5.32 Å². The van der Waals surface area contributed by atoms with Gasteiger partial charge in [0.1, 0.15) is 11.5 Å². The number of hydrogen-bond acceptors (Lipinski definition) is 2. The van der Waals surface area contributed by atoms with Gasteiger partial charge in [0.25, 0.3) is 5.91 Å². The summed E-state index contributed by atoms with van der Waals surface area (Å²) in [5, 5.41) is 3.29. The number of aromatic nitrogens is 2. The van der Waals surface area contributed by atoms with Crippen LogP contribution in [0.15, 0.2) is 59.2 Å². The van der Waals surface area contributed by atoms with Crippen LogP contribution in [0, 0.1) is 6.92 Å². The summed E-state index contributed by atoms with van der Waals surface area (Å²) in [6.07, 6.45) is 1.56. The third kappa shape index (κ3) is 3.30. The highest BCUT2D eigenvalue weighted by Crippen LogP contribution is 2.26. The lowest BCUT2D eigenvalue weighted by Gasteiger charge is -2.11. The largest absolute Gasteiger partial charge is 0.319 e. The van der Waals surface area contributed by atoms with Gasteiger partial charge in [0.05, 0.1) is 16.9 Å². The minimum atomic E-state index is -0.265. The molecule has 116 valence electrons. The zero-order valence-electron chi connectivity index (χ0n) is 12.3. The summed E-state index contributed by atoms with van der Waals surface area (Å²) in [5.74, 6) is 0.474. The molecule has 1 heterocycles. The number of benzene rings is 2. The Hall–Kier alpha value is -2.11. The van der Waals surface area contributed by atoms with Crippen LogP contribution in [0.3, 0.4) is 0 Å². The van der Waals surface area contributed by atoms with Crippen molar-refractivity contribution in [3.63, 3.8) is 0 Å². The van der Waals surface area contributed by atoms with Crippen molar-refractivity contribution in [2.45, 2.75) is 6.92 Å². The Balaban J connectivity index is 1.95. The van der Waals surface area contributed by atoms with E-state index < -0.39 is 0 Å². The monoisotopic (exact) mass is 389 g/mol. The zero-order valence-corrected chi connectivity index (χ0v) is 14.6. The Morgan fingerprint density at radius 3 is 2.65 bits per heavy atom.